The average molecular weight is 337 g/mol. The summed E-state index contributed by atoms with van der Waals surface area (Å²) in [6.07, 6.45) is 0. The van der Waals surface area contributed by atoms with Gasteiger partial charge in [0.25, 0.3) is 10.0 Å². The van der Waals surface area contributed by atoms with E-state index in [1.165, 1.54) is 0 Å². The lowest BCUT2D eigenvalue weighted by molar-refractivity contribution is 0.582. The van der Waals surface area contributed by atoms with Crippen molar-refractivity contribution < 1.29 is 8.42 Å². The van der Waals surface area contributed by atoms with E-state index >= 15 is 0 Å². The maximum absolute atomic E-state index is 12.5. The minimum atomic E-state index is -3.67. The molecule has 0 spiro atoms. The number of fused-ring (bicyclic) bond motifs is 1. The lowest BCUT2D eigenvalue weighted by Gasteiger charge is -2.05. The third kappa shape index (κ3) is 1.97. The van der Waals surface area contributed by atoms with Crippen molar-refractivity contribution in [1.29, 1.82) is 0 Å². The first kappa shape index (κ1) is 12.4. The molecular formula is C13H9BrN2O2S. The molecule has 1 heterocycles. The number of nitrogens with zero attached hydrogens (tertiary/aromatic N) is 2. The largest absolute Gasteiger partial charge is 0.283 e. The molecule has 96 valence electrons. The Morgan fingerprint density at radius 3 is 2.32 bits per heavy atom. The van der Waals surface area contributed by atoms with Crippen LogP contribution in [0.25, 0.3) is 10.9 Å². The van der Waals surface area contributed by atoms with Gasteiger partial charge in [-0.05, 0) is 40.2 Å². The van der Waals surface area contributed by atoms with Crippen molar-refractivity contribution in [1.82, 2.24) is 9.19 Å². The second kappa shape index (κ2) is 4.47. The van der Waals surface area contributed by atoms with Crippen molar-refractivity contribution >= 4 is 36.9 Å². The van der Waals surface area contributed by atoms with Gasteiger partial charge in [-0.3, -0.25) is 0 Å². The van der Waals surface area contributed by atoms with Gasteiger partial charge in [-0.15, -0.1) is 5.10 Å². The number of para-hydroxylation sites is 1. The number of benzene rings is 2. The normalized spacial score (nSPS) is 11.8. The summed E-state index contributed by atoms with van der Waals surface area (Å²) in [5, 5.41) is 4.85. The average Bonchev–Trinajstić information content (AvgIpc) is 2.79. The van der Waals surface area contributed by atoms with Gasteiger partial charge in [0.05, 0.1) is 10.4 Å². The van der Waals surface area contributed by atoms with E-state index in [1.807, 2.05) is 12.1 Å². The Morgan fingerprint density at radius 1 is 0.947 bits per heavy atom. The van der Waals surface area contributed by atoms with Crippen LogP contribution in [0.2, 0.25) is 0 Å². The van der Waals surface area contributed by atoms with E-state index in [-0.39, 0.29) is 4.90 Å². The Kier molecular flexibility index (Phi) is 2.91. The Hall–Kier alpha value is -1.66. The predicted molar refractivity (Wildman–Crippen MR) is 76.5 cm³/mol. The number of rotatable bonds is 2. The highest BCUT2D eigenvalue weighted by molar-refractivity contribution is 9.10. The van der Waals surface area contributed by atoms with Gasteiger partial charge < -0.3 is 0 Å². The molecule has 0 amide bonds. The van der Waals surface area contributed by atoms with Gasteiger partial charge in [-0.2, -0.15) is 12.5 Å². The summed E-state index contributed by atoms with van der Waals surface area (Å²) in [4.78, 5) is 0.218. The van der Waals surface area contributed by atoms with Crippen LogP contribution < -0.4 is 0 Å². The fraction of sp³-hybridized carbons (Fsp3) is 0. The topological polar surface area (TPSA) is 52.0 Å². The van der Waals surface area contributed by atoms with E-state index in [0.29, 0.717) is 10.1 Å². The van der Waals surface area contributed by atoms with Crippen LogP contribution in [-0.4, -0.2) is 17.6 Å². The molecule has 3 aromatic rings. The molecule has 0 bridgehead atoms. The molecule has 0 unspecified atom stereocenters. The van der Waals surface area contributed by atoms with E-state index in [2.05, 4.69) is 21.0 Å². The molecule has 4 nitrogen and oxygen atoms in total. The van der Waals surface area contributed by atoms with Crippen LogP contribution >= 0.6 is 15.9 Å². The van der Waals surface area contributed by atoms with Crippen LogP contribution in [0, 0.1) is 0 Å². The number of halogens is 1. The van der Waals surface area contributed by atoms with Gasteiger partial charge in [0.1, 0.15) is 4.60 Å². The van der Waals surface area contributed by atoms with E-state index in [0.717, 1.165) is 9.47 Å². The summed E-state index contributed by atoms with van der Waals surface area (Å²) >= 11 is 3.29. The molecule has 0 aliphatic heterocycles. The summed E-state index contributed by atoms with van der Waals surface area (Å²) in [5.74, 6) is 0. The first-order valence-corrected chi connectivity index (χ1v) is 7.78. The monoisotopic (exact) mass is 336 g/mol. The summed E-state index contributed by atoms with van der Waals surface area (Å²) < 4.78 is 26.7. The molecule has 0 saturated heterocycles. The van der Waals surface area contributed by atoms with Crippen molar-refractivity contribution in [3.63, 3.8) is 0 Å². The van der Waals surface area contributed by atoms with Gasteiger partial charge >= 0.3 is 0 Å². The molecule has 19 heavy (non-hydrogen) atoms. The SMILES string of the molecule is O=S(=O)(c1ccccc1)n1nc(Br)c2ccccc21. The summed E-state index contributed by atoms with van der Waals surface area (Å²) in [7, 11) is -3.67. The van der Waals surface area contributed by atoms with Crippen molar-refractivity contribution in [3.05, 3.63) is 59.2 Å². The molecule has 0 N–H and O–H groups in total. The Morgan fingerprint density at radius 2 is 1.58 bits per heavy atom. The molecule has 2 aromatic carbocycles. The minimum Gasteiger partial charge on any atom is -0.199 e. The van der Waals surface area contributed by atoms with Gasteiger partial charge in [-0.1, -0.05) is 30.3 Å². The van der Waals surface area contributed by atoms with Gasteiger partial charge in [0.2, 0.25) is 0 Å². The molecule has 0 aliphatic rings. The standard InChI is InChI=1S/C13H9BrN2O2S/c14-13-11-8-4-5-9-12(11)16(15-13)19(17,18)10-6-2-1-3-7-10/h1-9H. The zero-order valence-corrected chi connectivity index (χ0v) is 12.1. The Balaban J connectivity index is 2.31. The zero-order valence-electron chi connectivity index (χ0n) is 9.69. The minimum absolute atomic E-state index is 0.218. The summed E-state index contributed by atoms with van der Waals surface area (Å²) in [6, 6.07) is 15.4. The summed E-state index contributed by atoms with van der Waals surface area (Å²) in [6.45, 7) is 0. The van der Waals surface area contributed by atoms with Crippen LogP contribution in [0.4, 0.5) is 0 Å². The van der Waals surface area contributed by atoms with Crippen LogP contribution in [0.3, 0.4) is 0 Å². The molecule has 1 aromatic heterocycles. The maximum Gasteiger partial charge on any atom is 0.283 e. The number of hydrogen-bond acceptors (Lipinski definition) is 3. The highest BCUT2D eigenvalue weighted by Crippen LogP contribution is 2.26. The fourth-order valence-corrected chi connectivity index (χ4v) is 3.78. The molecule has 0 radical (unpaired) electrons. The zero-order chi connectivity index (χ0) is 13.5. The van der Waals surface area contributed by atoms with Gasteiger partial charge in [-0.25, -0.2) is 0 Å². The molecule has 3 rings (SSSR count). The lowest BCUT2D eigenvalue weighted by Crippen LogP contribution is -2.14. The molecular weight excluding hydrogens is 328 g/mol. The Labute approximate surface area is 118 Å². The first-order valence-electron chi connectivity index (χ1n) is 5.54. The number of hydrogen-bond donors (Lipinski definition) is 0. The molecule has 0 saturated carbocycles. The van der Waals surface area contributed by atoms with Crippen LogP contribution in [0.5, 0.6) is 0 Å². The van der Waals surface area contributed by atoms with Gasteiger partial charge in [0, 0.05) is 5.39 Å². The van der Waals surface area contributed by atoms with Gasteiger partial charge in [0.15, 0.2) is 0 Å². The highest BCUT2D eigenvalue weighted by Gasteiger charge is 2.21. The van der Waals surface area contributed by atoms with E-state index < -0.39 is 10.0 Å². The van der Waals surface area contributed by atoms with E-state index in [1.54, 1.807) is 42.5 Å². The lowest BCUT2D eigenvalue weighted by atomic mass is 10.3. The predicted octanol–water partition coefficient (Wildman–Crippen LogP) is 3.04. The van der Waals surface area contributed by atoms with Crippen LogP contribution in [0.15, 0.2) is 64.1 Å². The molecule has 0 aliphatic carbocycles. The van der Waals surface area contributed by atoms with E-state index in [9.17, 15) is 8.42 Å². The maximum atomic E-state index is 12.5. The quantitative estimate of drug-likeness (QED) is 0.722. The Bertz CT molecular complexity index is 841. The second-order valence-corrected chi connectivity index (χ2v) is 6.49. The summed E-state index contributed by atoms with van der Waals surface area (Å²) in [5.41, 5.74) is 0.554. The third-order valence-electron chi connectivity index (χ3n) is 2.78. The number of aromatic nitrogens is 2. The van der Waals surface area contributed by atoms with Crippen LogP contribution in [0.1, 0.15) is 0 Å². The fourth-order valence-electron chi connectivity index (χ4n) is 1.88. The first-order chi connectivity index (χ1) is 9.10. The van der Waals surface area contributed by atoms with Crippen molar-refractivity contribution in [2.75, 3.05) is 0 Å². The molecule has 0 atom stereocenters. The van der Waals surface area contributed by atoms with Crippen molar-refractivity contribution in [2.24, 2.45) is 0 Å². The second-order valence-electron chi connectivity index (χ2n) is 3.97. The molecule has 0 fully saturated rings. The van der Waals surface area contributed by atoms with Crippen molar-refractivity contribution in [3.8, 4) is 0 Å². The highest BCUT2D eigenvalue weighted by atomic mass is 79.9. The van der Waals surface area contributed by atoms with Crippen molar-refractivity contribution in [2.45, 2.75) is 4.90 Å². The molecule has 6 heteroatoms. The third-order valence-corrected chi connectivity index (χ3v) is 4.97. The van der Waals surface area contributed by atoms with E-state index in [4.69, 9.17) is 0 Å². The smallest absolute Gasteiger partial charge is 0.199 e. The van der Waals surface area contributed by atoms with Crippen LogP contribution in [-0.2, 0) is 10.0 Å².